The first-order valence-corrected chi connectivity index (χ1v) is 22.3. The molecule has 1 aliphatic rings. The Labute approximate surface area is 282 Å². The first-order chi connectivity index (χ1) is 19.0. The van der Waals surface area contributed by atoms with E-state index in [9.17, 15) is 0 Å². The van der Waals surface area contributed by atoms with Crippen LogP contribution in [-0.2, 0) is 24.2 Å². The van der Waals surface area contributed by atoms with Crippen molar-refractivity contribution in [3.05, 3.63) is 139 Å². The second-order valence-electron chi connectivity index (χ2n) is 12.4. The SMILES string of the molecule is C[Si](C)(C)c1ccc([C](=[Zr+2])c2ccc([Si](C)(C)C)cc2)cc1.[C-]1=CC=CC1.[Cl-].[Cl-].c1ccc2c(c1)[cH-]c1ccccc12. The Morgan fingerprint density at radius 3 is 1.33 bits per heavy atom. The molecule has 0 amide bonds. The molecule has 0 unspecified atom stereocenters. The second-order valence-corrected chi connectivity index (χ2v) is 23.7. The van der Waals surface area contributed by atoms with Crippen LogP contribution in [0.5, 0.6) is 0 Å². The van der Waals surface area contributed by atoms with E-state index in [4.69, 9.17) is 0 Å². The van der Waals surface area contributed by atoms with Crippen molar-refractivity contribution in [1.82, 2.24) is 0 Å². The summed E-state index contributed by atoms with van der Waals surface area (Å²) in [4.78, 5) is 0. The van der Waals surface area contributed by atoms with E-state index in [2.05, 4.69) is 155 Å². The number of benzene rings is 4. The van der Waals surface area contributed by atoms with E-state index in [-0.39, 0.29) is 24.8 Å². The van der Waals surface area contributed by atoms with Gasteiger partial charge in [-0.1, -0.05) is 36.4 Å². The van der Waals surface area contributed by atoms with Gasteiger partial charge in [0.15, 0.2) is 0 Å². The maximum atomic E-state index is 2.99. The Hall–Kier alpha value is -2.00. The van der Waals surface area contributed by atoms with Crippen molar-refractivity contribution in [2.75, 3.05) is 0 Å². The second kappa shape index (κ2) is 16.2. The van der Waals surface area contributed by atoms with E-state index >= 15 is 0 Å². The Bertz CT molecular complexity index is 1510. The average molecular weight is 703 g/mol. The van der Waals surface area contributed by atoms with Crippen LogP contribution in [0.4, 0.5) is 0 Å². The van der Waals surface area contributed by atoms with Crippen molar-refractivity contribution >= 4 is 51.3 Å². The summed E-state index contributed by atoms with van der Waals surface area (Å²) in [6.07, 6.45) is 10.0. The molecule has 5 aromatic carbocycles. The third-order valence-corrected chi connectivity index (χ3v) is 12.7. The van der Waals surface area contributed by atoms with Crippen LogP contribution in [0.2, 0.25) is 39.3 Å². The van der Waals surface area contributed by atoms with Crippen LogP contribution in [0.25, 0.3) is 21.5 Å². The summed E-state index contributed by atoms with van der Waals surface area (Å²) in [7, 11) is -2.39. The normalized spacial score (nSPS) is 12.0. The van der Waals surface area contributed by atoms with Crippen LogP contribution in [0.3, 0.4) is 0 Å². The molecule has 0 fully saturated rings. The molecule has 0 atom stereocenters. The fourth-order valence-electron chi connectivity index (χ4n) is 4.68. The number of hydrogen-bond acceptors (Lipinski definition) is 0. The summed E-state index contributed by atoms with van der Waals surface area (Å²) in [6, 6.07) is 37.9. The van der Waals surface area contributed by atoms with Crippen molar-refractivity contribution in [3.8, 4) is 0 Å². The smallest absolute Gasteiger partial charge is 0.0771 e. The van der Waals surface area contributed by atoms with Crippen LogP contribution < -0.4 is 35.2 Å². The molecule has 216 valence electrons. The van der Waals surface area contributed by atoms with Gasteiger partial charge in [-0.15, -0.1) is 46.2 Å². The van der Waals surface area contributed by atoms with Crippen LogP contribution in [0.15, 0.2) is 121 Å². The molecule has 5 heteroatoms. The van der Waals surface area contributed by atoms with Crippen molar-refractivity contribution in [1.29, 1.82) is 0 Å². The molecule has 42 heavy (non-hydrogen) atoms. The molecule has 0 saturated carbocycles. The number of rotatable bonds is 4. The molecule has 0 heterocycles. The van der Waals surface area contributed by atoms with E-state index in [0.29, 0.717) is 0 Å². The topological polar surface area (TPSA) is 0 Å². The molecule has 0 saturated heterocycles. The molecule has 0 nitrogen and oxygen atoms in total. The molecular formula is C37H40Cl2Si2Zr-2. The fraction of sp³-hybridized carbons (Fsp3) is 0.189. The maximum Gasteiger partial charge on any atom is -0.0771 e. The minimum absolute atomic E-state index is 0. The standard InChI is InChI=1S/C19H26Si2.C13H9.C5H5.2ClH.Zr/c1-20(2,3)18-11-7-16(8-12-18)15-17-9-13-19(14-10-17)21(4,5)6;1-3-7-12-10(5-1)9-11-6-2-4-8-13(11)12;1-2-4-5-3-1;;;/h7-14H,1-6H3;1-9H;1-3H,4H2;2*1H;/q;2*-1;;;+2/p-2. The molecule has 0 spiro atoms. The zero-order chi connectivity index (χ0) is 28.8. The molecular weight excluding hydrogens is 663 g/mol. The van der Waals surface area contributed by atoms with Crippen LogP contribution in [0, 0.1) is 6.08 Å². The Morgan fingerprint density at radius 1 is 0.619 bits per heavy atom. The molecule has 0 bridgehead atoms. The fourth-order valence-corrected chi connectivity index (χ4v) is 7.84. The molecule has 6 rings (SSSR count). The van der Waals surface area contributed by atoms with Gasteiger partial charge in [-0.3, -0.25) is 6.08 Å². The van der Waals surface area contributed by atoms with Gasteiger partial charge < -0.3 is 24.8 Å². The number of halogens is 2. The Morgan fingerprint density at radius 2 is 1.02 bits per heavy atom. The third-order valence-electron chi connectivity index (χ3n) is 7.19. The van der Waals surface area contributed by atoms with Gasteiger partial charge in [-0.2, -0.15) is 6.08 Å². The minimum Gasteiger partial charge on any atom is -1.00 e. The first kappa shape index (κ1) is 36.2. The van der Waals surface area contributed by atoms with E-state index in [1.165, 1.54) is 70.5 Å². The van der Waals surface area contributed by atoms with Gasteiger partial charge in [0, 0.05) is 0 Å². The van der Waals surface area contributed by atoms with Gasteiger partial charge in [0.25, 0.3) is 0 Å². The summed E-state index contributed by atoms with van der Waals surface area (Å²) >= 11 is 1.48. The predicted molar refractivity (Wildman–Crippen MR) is 181 cm³/mol. The molecule has 0 aromatic heterocycles. The monoisotopic (exact) mass is 700 g/mol. The van der Waals surface area contributed by atoms with Gasteiger partial charge in [-0.05, 0) is 0 Å². The first-order valence-electron chi connectivity index (χ1n) is 14.1. The van der Waals surface area contributed by atoms with Crippen LogP contribution in [0.1, 0.15) is 17.5 Å². The van der Waals surface area contributed by atoms with Crippen molar-refractivity contribution in [3.63, 3.8) is 0 Å². The van der Waals surface area contributed by atoms with Gasteiger partial charge in [0.2, 0.25) is 0 Å². The van der Waals surface area contributed by atoms with Gasteiger partial charge >= 0.3 is 153 Å². The van der Waals surface area contributed by atoms with Crippen molar-refractivity contribution in [2.24, 2.45) is 0 Å². The zero-order valence-electron chi connectivity index (χ0n) is 25.5. The summed E-state index contributed by atoms with van der Waals surface area (Å²) in [5, 5.41) is 8.46. The number of allylic oxidation sites excluding steroid dienone is 4. The van der Waals surface area contributed by atoms with Crippen LogP contribution in [-0.4, -0.2) is 19.4 Å². The largest absolute Gasteiger partial charge is 1.00 e. The predicted octanol–water partition coefficient (Wildman–Crippen LogP) is 2.92. The molecule has 1 aliphatic carbocycles. The molecule has 0 N–H and O–H groups in total. The van der Waals surface area contributed by atoms with E-state index < -0.39 is 16.1 Å². The molecule has 0 aliphatic heterocycles. The quantitative estimate of drug-likeness (QED) is 0.200. The van der Waals surface area contributed by atoms with Gasteiger partial charge in [0.1, 0.15) is 0 Å². The zero-order valence-corrected chi connectivity index (χ0v) is 31.5. The van der Waals surface area contributed by atoms with E-state index in [0.717, 1.165) is 6.42 Å². The van der Waals surface area contributed by atoms with Gasteiger partial charge in [0.05, 0.1) is 0 Å². The van der Waals surface area contributed by atoms with E-state index in [1.807, 2.05) is 12.2 Å². The summed E-state index contributed by atoms with van der Waals surface area (Å²) in [5.41, 5.74) is 2.75. The Kier molecular flexibility index (Phi) is 13.9. The number of fused-ring (bicyclic) bond motifs is 3. The van der Waals surface area contributed by atoms with Crippen LogP contribution >= 0.6 is 0 Å². The Balaban J connectivity index is 0.000000258. The van der Waals surface area contributed by atoms with Crippen molar-refractivity contribution < 1.29 is 49.0 Å². The third kappa shape index (κ3) is 9.76. The van der Waals surface area contributed by atoms with Gasteiger partial charge in [-0.25, -0.2) is 12.2 Å². The molecule has 0 radical (unpaired) electrons. The number of hydrogen-bond donors (Lipinski definition) is 0. The molecule has 5 aromatic rings. The van der Waals surface area contributed by atoms with E-state index in [1.54, 1.807) is 0 Å². The minimum atomic E-state index is -1.20. The summed E-state index contributed by atoms with van der Waals surface area (Å²) < 4.78 is 1.46. The van der Waals surface area contributed by atoms with Crippen molar-refractivity contribution in [2.45, 2.75) is 45.7 Å². The summed E-state index contributed by atoms with van der Waals surface area (Å²) in [5.74, 6) is 0. The maximum absolute atomic E-state index is 2.99. The summed E-state index contributed by atoms with van der Waals surface area (Å²) in [6.45, 7) is 14.4. The average Bonchev–Trinajstić information content (AvgIpc) is 3.64.